The summed E-state index contributed by atoms with van der Waals surface area (Å²) in [5.74, 6) is -0.318. The Hall–Kier alpha value is -2.22. The van der Waals surface area contributed by atoms with E-state index in [0.29, 0.717) is 6.54 Å². The molecule has 0 aliphatic carbocycles. The average Bonchev–Trinajstić information content (AvgIpc) is 2.76. The molecule has 0 fully saturated rings. The number of amides is 1. The smallest absolute Gasteiger partial charge is 0.328 e. The summed E-state index contributed by atoms with van der Waals surface area (Å²) in [5.41, 5.74) is -0.182. The topological polar surface area (TPSA) is 96.9 Å². The van der Waals surface area contributed by atoms with Crippen molar-refractivity contribution in [2.45, 2.75) is 20.0 Å². The third kappa shape index (κ3) is 3.62. The van der Waals surface area contributed by atoms with Crippen molar-refractivity contribution in [3.8, 4) is 0 Å². The highest BCUT2D eigenvalue weighted by molar-refractivity contribution is 7.09. The second-order valence-corrected chi connectivity index (χ2v) is 4.84. The number of hydrogen-bond donors (Lipinski definition) is 2. The number of nitrogens with zero attached hydrogens (tertiary/aromatic N) is 2. The molecule has 0 radical (unpaired) electrons. The van der Waals surface area contributed by atoms with Gasteiger partial charge in [-0.1, -0.05) is 0 Å². The van der Waals surface area contributed by atoms with Crippen molar-refractivity contribution in [1.29, 1.82) is 0 Å². The SMILES string of the molecule is Cc1csc(CNC(=O)Cn2ccc(=O)[nH]c2=O)n1. The van der Waals surface area contributed by atoms with Gasteiger partial charge in [0.15, 0.2) is 0 Å². The molecule has 100 valence electrons. The van der Waals surface area contributed by atoms with Crippen LogP contribution in [0.15, 0.2) is 27.2 Å². The van der Waals surface area contributed by atoms with Crippen molar-refractivity contribution in [2.24, 2.45) is 0 Å². The summed E-state index contributed by atoms with van der Waals surface area (Å²) in [6, 6.07) is 1.19. The molecule has 0 unspecified atom stereocenters. The number of rotatable bonds is 4. The van der Waals surface area contributed by atoms with Gasteiger partial charge < -0.3 is 5.32 Å². The summed E-state index contributed by atoms with van der Waals surface area (Å²) in [6.45, 7) is 2.07. The first-order valence-electron chi connectivity index (χ1n) is 5.52. The highest BCUT2D eigenvalue weighted by atomic mass is 32.1. The molecule has 19 heavy (non-hydrogen) atoms. The van der Waals surface area contributed by atoms with Crippen molar-refractivity contribution < 1.29 is 4.79 Å². The van der Waals surface area contributed by atoms with Crippen LogP contribution in [0.4, 0.5) is 0 Å². The van der Waals surface area contributed by atoms with Gasteiger partial charge in [-0.3, -0.25) is 19.1 Å². The number of nitrogens with one attached hydrogen (secondary N) is 2. The Kier molecular flexibility index (Phi) is 3.91. The predicted octanol–water partition coefficient (Wildman–Crippen LogP) is -0.382. The van der Waals surface area contributed by atoms with E-state index in [0.717, 1.165) is 15.3 Å². The van der Waals surface area contributed by atoms with Gasteiger partial charge in [0.2, 0.25) is 5.91 Å². The van der Waals surface area contributed by atoms with E-state index >= 15 is 0 Å². The molecule has 2 aromatic rings. The summed E-state index contributed by atoms with van der Waals surface area (Å²) in [6.07, 6.45) is 1.29. The van der Waals surface area contributed by atoms with Crippen molar-refractivity contribution in [1.82, 2.24) is 19.9 Å². The van der Waals surface area contributed by atoms with Gasteiger partial charge in [-0.15, -0.1) is 11.3 Å². The first-order chi connectivity index (χ1) is 9.04. The quantitative estimate of drug-likeness (QED) is 0.797. The number of aromatic amines is 1. The molecule has 2 aromatic heterocycles. The fraction of sp³-hybridized carbons (Fsp3) is 0.273. The number of thiazole rings is 1. The minimum Gasteiger partial charge on any atom is -0.348 e. The van der Waals surface area contributed by atoms with Crippen LogP contribution < -0.4 is 16.6 Å². The zero-order chi connectivity index (χ0) is 13.8. The molecule has 0 aliphatic rings. The van der Waals surface area contributed by atoms with E-state index in [1.807, 2.05) is 12.3 Å². The Morgan fingerprint density at radius 3 is 2.95 bits per heavy atom. The van der Waals surface area contributed by atoms with Gasteiger partial charge in [0.1, 0.15) is 11.6 Å². The van der Waals surface area contributed by atoms with Crippen molar-refractivity contribution in [3.63, 3.8) is 0 Å². The van der Waals surface area contributed by atoms with Crippen LogP contribution in [0.25, 0.3) is 0 Å². The lowest BCUT2D eigenvalue weighted by Crippen LogP contribution is -2.35. The Morgan fingerprint density at radius 1 is 1.53 bits per heavy atom. The number of hydrogen-bond acceptors (Lipinski definition) is 5. The molecule has 2 N–H and O–H groups in total. The maximum Gasteiger partial charge on any atom is 0.328 e. The molecule has 7 nitrogen and oxygen atoms in total. The largest absolute Gasteiger partial charge is 0.348 e. The molecule has 0 atom stereocenters. The van der Waals surface area contributed by atoms with Crippen LogP contribution in [0.5, 0.6) is 0 Å². The molecule has 1 amide bonds. The molecule has 2 heterocycles. The number of aryl methyl sites for hydroxylation is 1. The second kappa shape index (κ2) is 5.61. The van der Waals surface area contributed by atoms with Crippen LogP contribution in [0.2, 0.25) is 0 Å². The average molecular weight is 280 g/mol. The van der Waals surface area contributed by atoms with E-state index < -0.39 is 11.2 Å². The van der Waals surface area contributed by atoms with E-state index in [1.165, 1.54) is 23.6 Å². The van der Waals surface area contributed by atoms with Gasteiger partial charge >= 0.3 is 5.69 Å². The fourth-order valence-corrected chi connectivity index (χ4v) is 2.15. The van der Waals surface area contributed by atoms with Gasteiger partial charge in [0, 0.05) is 23.3 Å². The lowest BCUT2D eigenvalue weighted by molar-refractivity contribution is -0.121. The molecule has 8 heteroatoms. The van der Waals surface area contributed by atoms with Crippen molar-refractivity contribution in [2.75, 3.05) is 0 Å². The molecule has 0 spiro atoms. The predicted molar refractivity (Wildman–Crippen MR) is 70.0 cm³/mol. The summed E-state index contributed by atoms with van der Waals surface area (Å²) < 4.78 is 1.13. The Labute approximate surface area is 111 Å². The molecule has 0 aromatic carbocycles. The van der Waals surface area contributed by atoms with Crippen molar-refractivity contribution >= 4 is 17.2 Å². The Bertz CT molecular complexity index is 700. The molecule has 0 saturated heterocycles. The van der Waals surface area contributed by atoms with E-state index in [2.05, 4.69) is 15.3 Å². The monoisotopic (exact) mass is 280 g/mol. The molecule has 0 aliphatic heterocycles. The van der Waals surface area contributed by atoms with Gasteiger partial charge in [-0.05, 0) is 6.92 Å². The normalized spacial score (nSPS) is 10.4. The van der Waals surface area contributed by atoms with Gasteiger partial charge in [-0.2, -0.15) is 0 Å². The van der Waals surface area contributed by atoms with Gasteiger partial charge in [0.25, 0.3) is 5.56 Å². The molecule has 2 rings (SSSR count). The van der Waals surface area contributed by atoms with Crippen LogP contribution in [0.1, 0.15) is 10.7 Å². The Balaban J connectivity index is 1.94. The van der Waals surface area contributed by atoms with Crippen LogP contribution in [0, 0.1) is 6.92 Å². The van der Waals surface area contributed by atoms with Crippen molar-refractivity contribution in [3.05, 3.63) is 49.2 Å². The van der Waals surface area contributed by atoms with E-state index in [1.54, 1.807) is 0 Å². The van der Waals surface area contributed by atoms with E-state index in [-0.39, 0.29) is 12.5 Å². The highest BCUT2D eigenvalue weighted by Crippen LogP contribution is 2.07. The number of aromatic nitrogens is 3. The fourth-order valence-electron chi connectivity index (χ4n) is 1.44. The first kappa shape index (κ1) is 13.2. The Morgan fingerprint density at radius 2 is 2.32 bits per heavy atom. The lowest BCUT2D eigenvalue weighted by Gasteiger charge is -2.05. The number of carbonyl (C=O) groups excluding carboxylic acids is 1. The maximum absolute atomic E-state index is 11.6. The maximum atomic E-state index is 11.6. The van der Waals surface area contributed by atoms with E-state index in [9.17, 15) is 14.4 Å². The third-order valence-corrected chi connectivity index (χ3v) is 3.28. The highest BCUT2D eigenvalue weighted by Gasteiger charge is 2.06. The first-order valence-corrected chi connectivity index (χ1v) is 6.40. The zero-order valence-electron chi connectivity index (χ0n) is 10.2. The standard InChI is InChI=1S/C11H12N4O3S/c1-7-6-19-10(13-7)4-12-9(17)5-15-3-2-8(16)14-11(15)18/h2-3,6H,4-5H2,1H3,(H,12,17)(H,14,16,18). The molecular weight excluding hydrogens is 268 g/mol. The zero-order valence-corrected chi connectivity index (χ0v) is 11.0. The number of H-pyrrole nitrogens is 1. The lowest BCUT2D eigenvalue weighted by atomic mass is 10.5. The van der Waals surface area contributed by atoms with Crippen LogP contribution in [-0.4, -0.2) is 20.4 Å². The summed E-state index contributed by atoms with van der Waals surface area (Å²) in [5, 5.41) is 5.36. The summed E-state index contributed by atoms with van der Waals surface area (Å²) in [7, 11) is 0. The van der Waals surface area contributed by atoms with Gasteiger partial charge in [-0.25, -0.2) is 9.78 Å². The van der Waals surface area contributed by atoms with Crippen LogP contribution >= 0.6 is 11.3 Å². The third-order valence-electron chi connectivity index (χ3n) is 2.31. The minimum absolute atomic E-state index is 0.139. The van der Waals surface area contributed by atoms with E-state index in [4.69, 9.17) is 0 Å². The second-order valence-electron chi connectivity index (χ2n) is 3.90. The summed E-state index contributed by atoms with van der Waals surface area (Å²) in [4.78, 5) is 40.2. The minimum atomic E-state index is -0.604. The molecular formula is C11H12N4O3S. The number of carbonyl (C=O) groups is 1. The van der Waals surface area contributed by atoms with Crippen LogP contribution in [0.3, 0.4) is 0 Å². The molecule has 0 bridgehead atoms. The van der Waals surface area contributed by atoms with Crippen LogP contribution in [-0.2, 0) is 17.9 Å². The summed E-state index contributed by atoms with van der Waals surface area (Å²) >= 11 is 1.46. The molecule has 0 saturated carbocycles. The van der Waals surface area contributed by atoms with Gasteiger partial charge in [0.05, 0.1) is 6.54 Å².